The monoisotopic (exact) mass is 231 g/mol. The first-order valence-electron chi connectivity index (χ1n) is 5.98. The predicted octanol–water partition coefficient (Wildman–Crippen LogP) is 1.42. The van der Waals surface area contributed by atoms with Crippen LogP contribution in [-0.4, -0.2) is 27.7 Å². The minimum Gasteiger partial charge on any atom is -0.396 e. The van der Waals surface area contributed by atoms with Gasteiger partial charge in [-0.3, -0.25) is 4.90 Å². The number of aliphatic hydroxyl groups is 1. The summed E-state index contributed by atoms with van der Waals surface area (Å²) in [6.07, 6.45) is 13.0. The van der Waals surface area contributed by atoms with E-state index in [1.807, 2.05) is 4.90 Å². The number of hydrogen-bond donors (Lipinski definition) is 1. The van der Waals surface area contributed by atoms with Crippen molar-refractivity contribution in [1.82, 2.24) is 9.97 Å². The maximum absolute atomic E-state index is 9.11. The molecule has 1 aromatic heterocycles. The number of terminal acetylenes is 1. The summed E-state index contributed by atoms with van der Waals surface area (Å²) in [5.41, 5.74) is 0. The molecule has 0 bridgehead atoms. The van der Waals surface area contributed by atoms with Crippen LogP contribution in [0.3, 0.4) is 0 Å². The molecule has 1 saturated carbocycles. The van der Waals surface area contributed by atoms with Crippen molar-refractivity contribution in [3.63, 3.8) is 0 Å². The van der Waals surface area contributed by atoms with Gasteiger partial charge in [-0.15, -0.1) is 0 Å². The lowest BCUT2D eigenvalue weighted by Gasteiger charge is -2.32. The summed E-state index contributed by atoms with van der Waals surface area (Å²) >= 11 is 0. The van der Waals surface area contributed by atoms with Gasteiger partial charge in [0.2, 0.25) is 5.95 Å². The molecule has 4 nitrogen and oxygen atoms in total. The first kappa shape index (κ1) is 11.9. The number of hydrogen-bond acceptors (Lipinski definition) is 4. The zero-order chi connectivity index (χ0) is 12.1. The van der Waals surface area contributed by atoms with Gasteiger partial charge < -0.3 is 5.11 Å². The van der Waals surface area contributed by atoms with E-state index in [0.717, 1.165) is 25.7 Å². The van der Waals surface area contributed by atoms with Gasteiger partial charge in [0.05, 0.1) is 0 Å². The quantitative estimate of drug-likeness (QED) is 0.631. The van der Waals surface area contributed by atoms with Crippen LogP contribution in [0.25, 0.3) is 0 Å². The van der Waals surface area contributed by atoms with Crippen molar-refractivity contribution >= 4 is 5.95 Å². The number of nitrogens with zero attached hydrogens (tertiary/aromatic N) is 3. The largest absolute Gasteiger partial charge is 0.396 e. The van der Waals surface area contributed by atoms with Crippen LogP contribution in [-0.2, 0) is 0 Å². The molecule has 0 spiro atoms. The number of rotatable bonds is 3. The van der Waals surface area contributed by atoms with Gasteiger partial charge >= 0.3 is 0 Å². The third-order valence-electron chi connectivity index (χ3n) is 3.35. The summed E-state index contributed by atoms with van der Waals surface area (Å²) in [6, 6.07) is 4.74. The zero-order valence-corrected chi connectivity index (χ0v) is 9.79. The lowest BCUT2D eigenvalue weighted by atomic mass is 9.86. The summed E-state index contributed by atoms with van der Waals surface area (Å²) in [5.74, 6) is 1.03. The van der Waals surface area contributed by atoms with Gasteiger partial charge in [0, 0.05) is 31.1 Å². The highest BCUT2D eigenvalue weighted by molar-refractivity contribution is 5.39. The summed E-state index contributed by atoms with van der Waals surface area (Å²) in [5, 5.41) is 9.11. The third-order valence-corrected chi connectivity index (χ3v) is 3.35. The second kappa shape index (κ2) is 5.65. The normalized spacial score (nSPS) is 24.0. The molecular weight excluding hydrogens is 214 g/mol. The maximum atomic E-state index is 9.11. The smallest absolute Gasteiger partial charge is 0.237 e. The van der Waals surface area contributed by atoms with Crippen LogP contribution in [0.1, 0.15) is 25.7 Å². The minimum absolute atomic E-state index is 0.282. The number of aliphatic hydroxyl groups excluding tert-OH is 1. The van der Waals surface area contributed by atoms with E-state index in [4.69, 9.17) is 11.5 Å². The van der Waals surface area contributed by atoms with Crippen LogP contribution in [0.15, 0.2) is 18.5 Å². The standard InChI is InChI=1S/C13H17N3O/c1-2-16(13-14-8-3-9-15-13)12-6-4-11(10-17)5-7-12/h1,3,8-9,11-12,17H,4-7,10H2. The Hall–Kier alpha value is -1.60. The fourth-order valence-corrected chi connectivity index (χ4v) is 2.33. The molecule has 1 fully saturated rings. The van der Waals surface area contributed by atoms with Gasteiger partial charge in [0.15, 0.2) is 0 Å². The van der Waals surface area contributed by atoms with Crippen LogP contribution < -0.4 is 4.90 Å². The fourth-order valence-electron chi connectivity index (χ4n) is 2.33. The molecular formula is C13H17N3O. The van der Waals surface area contributed by atoms with E-state index in [0.29, 0.717) is 17.9 Å². The Morgan fingerprint density at radius 1 is 1.29 bits per heavy atom. The summed E-state index contributed by atoms with van der Waals surface area (Å²) < 4.78 is 0. The van der Waals surface area contributed by atoms with Gasteiger partial charge in [0.1, 0.15) is 0 Å². The van der Waals surface area contributed by atoms with Crippen LogP contribution in [0.5, 0.6) is 0 Å². The highest BCUT2D eigenvalue weighted by Crippen LogP contribution is 2.28. The average molecular weight is 231 g/mol. The second-order valence-electron chi connectivity index (χ2n) is 4.41. The second-order valence-corrected chi connectivity index (χ2v) is 4.41. The molecule has 1 aliphatic carbocycles. The van der Waals surface area contributed by atoms with Gasteiger partial charge in [-0.05, 0) is 37.7 Å². The molecule has 1 heterocycles. The molecule has 0 aliphatic heterocycles. The van der Waals surface area contributed by atoms with Crippen LogP contribution in [0.4, 0.5) is 5.95 Å². The van der Waals surface area contributed by atoms with Gasteiger partial charge in [-0.1, -0.05) is 6.42 Å². The highest BCUT2D eigenvalue weighted by atomic mass is 16.3. The molecule has 0 radical (unpaired) electrons. The van der Waals surface area contributed by atoms with Gasteiger partial charge in [0.25, 0.3) is 0 Å². The first-order chi connectivity index (χ1) is 8.35. The Balaban J connectivity index is 2.04. The number of aromatic nitrogens is 2. The van der Waals surface area contributed by atoms with Crippen molar-refractivity contribution in [3.8, 4) is 12.5 Å². The molecule has 0 saturated heterocycles. The van der Waals surface area contributed by atoms with Crippen molar-refractivity contribution in [1.29, 1.82) is 0 Å². The van der Waals surface area contributed by atoms with Crippen LogP contribution >= 0.6 is 0 Å². The van der Waals surface area contributed by atoms with Crippen molar-refractivity contribution in [2.75, 3.05) is 11.5 Å². The third kappa shape index (κ3) is 2.75. The molecule has 0 aromatic carbocycles. The van der Waals surface area contributed by atoms with Gasteiger partial charge in [-0.25, -0.2) is 9.97 Å². The summed E-state index contributed by atoms with van der Waals surface area (Å²) in [4.78, 5) is 10.2. The fraction of sp³-hybridized carbons (Fsp3) is 0.538. The van der Waals surface area contributed by atoms with Crippen molar-refractivity contribution in [3.05, 3.63) is 18.5 Å². The predicted molar refractivity (Wildman–Crippen MR) is 66.2 cm³/mol. The molecule has 17 heavy (non-hydrogen) atoms. The Labute approximate surface area is 102 Å². The lowest BCUT2D eigenvalue weighted by Crippen LogP contribution is -2.36. The molecule has 90 valence electrons. The molecule has 0 atom stereocenters. The van der Waals surface area contributed by atoms with Crippen molar-refractivity contribution < 1.29 is 5.11 Å². The van der Waals surface area contributed by atoms with Crippen LogP contribution in [0, 0.1) is 18.4 Å². The molecule has 0 amide bonds. The maximum Gasteiger partial charge on any atom is 0.237 e. The Kier molecular flexibility index (Phi) is 3.94. The molecule has 0 unspecified atom stereocenters. The van der Waals surface area contributed by atoms with E-state index in [9.17, 15) is 0 Å². The van der Waals surface area contributed by atoms with E-state index in [-0.39, 0.29) is 6.61 Å². The summed E-state index contributed by atoms with van der Waals surface area (Å²) in [7, 11) is 0. The van der Waals surface area contributed by atoms with E-state index < -0.39 is 0 Å². The molecule has 1 aliphatic rings. The zero-order valence-electron chi connectivity index (χ0n) is 9.79. The molecule has 1 aromatic rings. The highest BCUT2D eigenvalue weighted by Gasteiger charge is 2.26. The molecule has 1 N–H and O–H groups in total. The van der Waals surface area contributed by atoms with E-state index >= 15 is 0 Å². The molecule has 2 rings (SSSR count). The first-order valence-corrected chi connectivity index (χ1v) is 5.98. The van der Waals surface area contributed by atoms with E-state index in [1.165, 1.54) is 0 Å². The van der Waals surface area contributed by atoms with Gasteiger partial charge in [-0.2, -0.15) is 0 Å². The SMILES string of the molecule is C#CN(c1ncccn1)C1CCC(CO)CC1. The van der Waals surface area contributed by atoms with E-state index in [1.54, 1.807) is 18.5 Å². The Morgan fingerprint density at radius 2 is 1.94 bits per heavy atom. The van der Waals surface area contributed by atoms with E-state index in [2.05, 4.69) is 16.0 Å². The Morgan fingerprint density at radius 3 is 2.47 bits per heavy atom. The topological polar surface area (TPSA) is 49.2 Å². The average Bonchev–Trinajstić information content (AvgIpc) is 2.42. The minimum atomic E-state index is 0.282. The van der Waals surface area contributed by atoms with Crippen molar-refractivity contribution in [2.24, 2.45) is 5.92 Å². The Bertz CT molecular complexity index is 379. The van der Waals surface area contributed by atoms with Crippen LogP contribution in [0.2, 0.25) is 0 Å². The number of anilines is 1. The lowest BCUT2D eigenvalue weighted by molar-refractivity contribution is 0.182. The van der Waals surface area contributed by atoms with Crippen molar-refractivity contribution in [2.45, 2.75) is 31.7 Å². The summed E-state index contributed by atoms with van der Waals surface area (Å²) in [6.45, 7) is 0.282. The molecule has 4 heteroatoms.